The Balaban J connectivity index is 1.38. The molecule has 3 heterocycles. The summed E-state index contributed by atoms with van der Waals surface area (Å²) in [5.41, 5.74) is 1.27. The van der Waals surface area contributed by atoms with Crippen molar-refractivity contribution >= 4 is 40.2 Å². The lowest BCUT2D eigenvalue weighted by Crippen LogP contribution is -2.55. The maximum absolute atomic E-state index is 13.7. The summed E-state index contributed by atoms with van der Waals surface area (Å²) >= 11 is 1.22. The third kappa shape index (κ3) is 5.83. The number of thiophene rings is 1. The van der Waals surface area contributed by atoms with Crippen molar-refractivity contribution in [3.05, 3.63) is 16.0 Å². The molecule has 1 aromatic heterocycles. The number of nitrogens with one attached hydrogen (secondary N) is 2. The largest absolute Gasteiger partial charge is 0.447 e. The lowest BCUT2D eigenvalue weighted by molar-refractivity contribution is 0.0359. The van der Waals surface area contributed by atoms with Crippen LogP contribution in [0.25, 0.3) is 0 Å². The van der Waals surface area contributed by atoms with Crippen molar-refractivity contribution in [3.8, 4) is 0 Å². The first-order valence-electron chi connectivity index (χ1n) is 13.0. The van der Waals surface area contributed by atoms with Gasteiger partial charge in [-0.05, 0) is 52.0 Å². The van der Waals surface area contributed by atoms with Crippen molar-refractivity contribution in [2.45, 2.75) is 65.0 Å². The number of urea groups is 1. The molecule has 1 aliphatic carbocycles. The highest BCUT2D eigenvalue weighted by Crippen LogP contribution is 2.39. The number of ether oxygens (including phenoxy) is 1. The summed E-state index contributed by atoms with van der Waals surface area (Å²) in [4.78, 5) is 57.2. The minimum atomic E-state index is -0.369. The first-order valence-corrected chi connectivity index (χ1v) is 13.8. The molecule has 0 bridgehead atoms. The fourth-order valence-corrected chi connectivity index (χ4v) is 6.43. The van der Waals surface area contributed by atoms with Gasteiger partial charge in [-0.2, -0.15) is 0 Å². The summed E-state index contributed by atoms with van der Waals surface area (Å²) in [6, 6.07) is 0.0119. The first kappa shape index (κ1) is 26.4. The van der Waals surface area contributed by atoms with Gasteiger partial charge in [0.25, 0.3) is 5.91 Å². The number of rotatable bonds is 5. The highest BCUT2D eigenvalue weighted by atomic mass is 32.1. The number of nitrogens with zero attached hydrogens (tertiary/aromatic N) is 3. The molecular formula is C25H37N5O5S. The Kier molecular flexibility index (Phi) is 8.50. The van der Waals surface area contributed by atoms with E-state index in [-0.39, 0.29) is 29.9 Å². The van der Waals surface area contributed by atoms with E-state index in [9.17, 15) is 19.2 Å². The molecule has 3 aliphatic rings. The summed E-state index contributed by atoms with van der Waals surface area (Å²) in [6.07, 6.45) is 3.30. The minimum Gasteiger partial charge on any atom is -0.447 e. The number of piperazine rings is 1. The van der Waals surface area contributed by atoms with Gasteiger partial charge in [-0.15, -0.1) is 11.3 Å². The summed E-state index contributed by atoms with van der Waals surface area (Å²) in [7, 11) is 0. The predicted molar refractivity (Wildman–Crippen MR) is 138 cm³/mol. The second kappa shape index (κ2) is 11.6. The van der Waals surface area contributed by atoms with Gasteiger partial charge < -0.3 is 19.9 Å². The Morgan fingerprint density at radius 2 is 1.72 bits per heavy atom. The monoisotopic (exact) mass is 519 g/mol. The predicted octanol–water partition coefficient (Wildman–Crippen LogP) is 3.18. The minimum absolute atomic E-state index is 0.0488. The lowest BCUT2D eigenvalue weighted by Gasteiger charge is -2.42. The number of amides is 4. The fourth-order valence-electron chi connectivity index (χ4n) is 5.23. The number of hydrogen-bond acceptors (Lipinski definition) is 7. The molecule has 10 nitrogen and oxygen atoms in total. The maximum Gasteiger partial charge on any atom is 0.410 e. The molecule has 198 valence electrons. The van der Waals surface area contributed by atoms with E-state index in [1.54, 1.807) is 4.90 Å². The number of Topliss-reactive ketones (excluding diaryl/α,β-unsaturated/α-hetero) is 1. The standard InChI is InChI=1S/C25H37N5O5S/c1-4-26-24(33)27-22-20(18-6-5-7-19(31)21(18)36-22)23(32)29-14-12-28(13-15-29)17-8-10-30(11-9-17)25(34)35-16(2)3/h16-17H,4-15H2,1-3H3,(H2,26,27,33). The Labute approximate surface area is 216 Å². The number of likely N-dealkylation sites (tertiary alicyclic amines) is 1. The summed E-state index contributed by atoms with van der Waals surface area (Å²) in [5.74, 6) is -0.0624. The van der Waals surface area contributed by atoms with E-state index in [1.165, 1.54) is 11.3 Å². The van der Waals surface area contributed by atoms with Gasteiger partial charge in [0.1, 0.15) is 5.00 Å². The van der Waals surface area contributed by atoms with Crippen LogP contribution in [0.4, 0.5) is 14.6 Å². The van der Waals surface area contributed by atoms with E-state index < -0.39 is 0 Å². The van der Waals surface area contributed by atoms with Crippen LogP contribution in [-0.4, -0.2) is 96.5 Å². The molecule has 0 radical (unpaired) electrons. The van der Waals surface area contributed by atoms with Gasteiger partial charge in [0.15, 0.2) is 5.78 Å². The molecule has 4 amide bonds. The second-order valence-corrected chi connectivity index (χ2v) is 10.9. The van der Waals surface area contributed by atoms with Crippen LogP contribution >= 0.6 is 11.3 Å². The van der Waals surface area contributed by atoms with Crippen molar-refractivity contribution < 1.29 is 23.9 Å². The molecule has 0 aromatic carbocycles. The zero-order valence-electron chi connectivity index (χ0n) is 21.4. The highest BCUT2D eigenvalue weighted by molar-refractivity contribution is 7.18. The number of carbonyl (C=O) groups excluding carboxylic acids is 4. The lowest BCUT2D eigenvalue weighted by atomic mass is 9.94. The molecule has 0 spiro atoms. The normalized spacial score (nSPS) is 19.3. The van der Waals surface area contributed by atoms with Crippen LogP contribution in [0.15, 0.2) is 0 Å². The molecule has 0 saturated carbocycles. The van der Waals surface area contributed by atoms with E-state index in [1.807, 2.05) is 25.7 Å². The van der Waals surface area contributed by atoms with Gasteiger partial charge >= 0.3 is 12.1 Å². The smallest absolute Gasteiger partial charge is 0.410 e. The Morgan fingerprint density at radius 1 is 1.03 bits per heavy atom. The van der Waals surface area contributed by atoms with E-state index >= 15 is 0 Å². The zero-order chi connectivity index (χ0) is 25.8. The number of fused-ring (bicyclic) bond motifs is 1. The maximum atomic E-state index is 13.7. The molecule has 2 N–H and O–H groups in total. The van der Waals surface area contributed by atoms with Gasteiger partial charge in [0, 0.05) is 58.3 Å². The Hall–Kier alpha value is -2.66. The number of ketones is 1. The Morgan fingerprint density at radius 3 is 2.36 bits per heavy atom. The van der Waals surface area contributed by atoms with Crippen LogP contribution in [0.5, 0.6) is 0 Å². The molecular weight excluding hydrogens is 482 g/mol. The van der Waals surface area contributed by atoms with Gasteiger partial charge in [-0.25, -0.2) is 9.59 Å². The number of piperidine rings is 1. The average molecular weight is 520 g/mol. The van der Waals surface area contributed by atoms with Crippen LogP contribution in [0, 0.1) is 0 Å². The van der Waals surface area contributed by atoms with Crippen LogP contribution in [0.3, 0.4) is 0 Å². The van der Waals surface area contributed by atoms with Crippen molar-refractivity contribution in [3.63, 3.8) is 0 Å². The van der Waals surface area contributed by atoms with E-state index in [2.05, 4.69) is 15.5 Å². The van der Waals surface area contributed by atoms with E-state index in [0.29, 0.717) is 67.0 Å². The summed E-state index contributed by atoms with van der Waals surface area (Å²) in [5, 5.41) is 5.98. The molecule has 1 aromatic rings. The van der Waals surface area contributed by atoms with Gasteiger partial charge in [0.05, 0.1) is 16.5 Å². The third-order valence-corrected chi connectivity index (χ3v) is 8.23. The fraction of sp³-hybridized carbons (Fsp3) is 0.680. The molecule has 36 heavy (non-hydrogen) atoms. The third-order valence-electron chi connectivity index (χ3n) is 7.05. The average Bonchev–Trinajstić information content (AvgIpc) is 3.22. The molecule has 0 unspecified atom stereocenters. The molecule has 2 fully saturated rings. The molecule has 2 saturated heterocycles. The zero-order valence-corrected chi connectivity index (χ0v) is 22.2. The van der Waals surface area contributed by atoms with Crippen LogP contribution in [-0.2, 0) is 11.2 Å². The molecule has 4 rings (SSSR count). The molecule has 11 heteroatoms. The number of anilines is 1. The second-order valence-electron chi connectivity index (χ2n) is 9.85. The molecule has 2 aliphatic heterocycles. The highest BCUT2D eigenvalue weighted by Gasteiger charge is 2.35. The van der Waals surface area contributed by atoms with Gasteiger partial charge in [-0.3, -0.25) is 19.8 Å². The summed E-state index contributed by atoms with van der Waals surface area (Å²) < 4.78 is 5.32. The SMILES string of the molecule is CCNC(=O)Nc1sc2c(c1C(=O)N1CCN(C3CCN(C(=O)OC(C)C)CC3)CC1)CCCC2=O. The van der Waals surface area contributed by atoms with Crippen LogP contribution in [0.2, 0.25) is 0 Å². The van der Waals surface area contributed by atoms with Gasteiger partial charge in [0.2, 0.25) is 0 Å². The van der Waals surface area contributed by atoms with Crippen molar-refractivity contribution in [1.29, 1.82) is 0 Å². The van der Waals surface area contributed by atoms with Crippen molar-refractivity contribution in [2.75, 3.05) is 51.1 Å². The first-order chi connectivity index (χ1) is 17.3. The van der Waals surface area contributed by atoms with Crippen LogP contribution < -0.4 is 10.6 Å². The summed E-state index contributed by atoms with van der Waals surface area (Å²) in [6.45, 7) is 10.1. The van der Waals surface area contributed by atoms with Crippen molar-refractivity contribution in [2.24, 2.45) is 0 Å². The number of hydrogen-bond donors (Lipinski definition) is 2. The van der Waals surface area contributed by atoms with E-state index in [4.69, 9.17) is 4.74 Å². The topological polar surface area (TPSA) is 111 Å². The number of carbonyl (C=O) groups is 4. The van der Waals surface area contributed by atoms with Gasteiger partial charge in [-0.1, -0.05) is 0 Å². The quantitative estimate of drug-likeness (QED) is 0.618. The molecule has 0 atom stereocenters. The Bertz CT molecular complexity index is 993. The van der Waals surface area contributed by atoms with Crippen molar-refractivity contribution in [1.82, 2.24) is 20.0 Å². The van der Waals surface area contributed by atoms with E-state index in [0.717, 1.165) is 37.9 Å². The van der Waals surface area contributed by atoms with Crippen LogP contribution in [0.1, 0.15) is 72.0 Å².